The van der Waals surface area contributed by atoms with Gasteiger partial charge in [-0.1, -0.05) is 26.0 Å². The summed E-state index contributed by atoms with van der Waals surface area (Å²) in [6, 6.07) is 14.0. The van der Waals surface area contributed by atoms with Crippen molar-refractivity contribution in [2.75, 3.05) is 16.3 Å². The number of aromatic nitrogens is 2. The van der Waals surface area contributed by atoms with Crippen LogP contribution in [0.15, 0.2) is 67.1 Å². The maximum absolute atomic E-state index is 13.5. The van der Waals surface area contributed by atoms with Gasteiger partial charge in [-0.3, -0.25) is 19.6 Å². The van der Waals surface area contributed by atoms with Crippen molar-refractivity contribution >= 4 is 29.2 Å². The first-order chi connectivity index (χ1) is 16.6. The van der Waals surface area contributed by atoms with Crippen LogP contribution in [0, 0.1) is 0 Å². The number of nitrogens with zero attached hydrogens (tertiary/aromatic N) is 5. The van der Waals surface area contributed by atoms with Gasteiger partial charge in [0.15, 0.2) is 0 Å². The van der Waals surface area contributed by atoms with E-state index in [1.165, 1.54) is 4.90 Å². The fourth-order valence-electron chi connectivity index (χ4n) is 4.83. The molecule has 0 unspecified atom stereocenters. The minimum atomic E-state index is -1.03. The Kier molecular flexibility index (Phi) is 5.20. The average molecular weight is 470 g/mol. The summed E-state index contributed by atoms with van der Waals surface area (Å²) in [6.07, 6.45) is 4.92. The van der Waals surface area contributed by atoms with Gasteiger partial charge in [-0.05, 0) is 61.4 Å². The van der Waals surface area contributed by atoms with Crippen LogP contribution in [0.4, 0.5) is 16.2 Å². The summed E-state index contributed by atoms with van der Waals surface area (Å²) in [5.74, 6) is -0.523. The number of fused-ring (bicyclic) bond motifs is 1. The van der Waals surface area contributed by atoms with Crippen molar-refractivity contribution in [2.24, 2.45) is 0 Å². The molecule has 0 radical (unpaired) electrons. The van der Waals surface area contributed by atoms with E-state index in [9.17, 15) is 14.4 Å². The molecule has 0 aliphatic carbocycles. The van der Waals surface area contributed by atoms with Crippen LogP contribution in [0.25, 0.3) is 0 Å². The molecule has 3 aromatic rings. The SMILES string of the molecule is CC1(C)CN(C(=O)c2ccccn2)c2cc(N3C(=O)N(Cc4ccncc4)C(C)(C)C3=O)ccc21. The molecule has 2 aromatic heterocycles. The molecule has 2 aliphatic heterocycles. The first kappa shape index (κ1) is 22.7. The smallest absolute Gasteiger partial charge is 0.306 e. The Morgan fingerprint density at radius 2 is 1.71 bits per heavy atom. The van der Waals surface area contributed by atoms with E-state index in [1.807, 2.05) is 18.2 Å². The second-order valence-electron chi connectivity index (χ2n) is 10.1. The van der Waals surface area contributed by atoms with Gasteiger partial charge in [-0.25, -0.2) is 9.69 Å². The van der Waals surface area contributed by atoms with Gasteiger partial charge in [0.2, 0.25) is 0 Å². The topological polar surface area (TPSA) is 86.7 Å². The van der Waals surface area contributed by atoms with Crippen LogP contribution < -0.4 is 9.80 Å². The maximum Gasteiger partial charge on any atom is 0.332 e. The Balaban J connectivity index is 1.52. The zero-order valence-electron chi connectivity index (χ0n) is 20.2. The molecule has 5 rings (SSSR count). The monoisotopic (exact) mass is 469 g/mol. The molecule has 8 heteroatoms. The van der Waals surface area contributed by atoms with Crippen molar-refractivity contribution in [3.63, 3.8) is 0 Å². The standard InChI is InChI=1S/C27H27N5O3/c1-26(2)17-30(23(33)21-7-5-6-12-29-21)22-15-19(8-9-20(22)26)32-24(34)27(3,4)31(25(32)35)16-18-10-13-28-14-11-18/h5-15H,16-17H2,1-4H3. The summed E-state index contributed by atoms with van der Waals surface area (Å²) in [5, 5.41) is 0. The molecule has 1 aromatic carbocycles. The fourth-order valence-corrected chi connectivity index (χ4v) is 4.83. The number of benzene rings is 1. The number of amides is 4. The largest absolute Gasteiger partial charge is 0.332 e. The Hall–Kier alpha value is -4.07. The zero-order valence-corrected chi connectivity index (χ0v) is 20.2. The molecule has 0 spiro atoms. The number of urea groups is 1. The number of hydrogen-bond donors (Lipinski definition) is 0. The van der Waals surface area contributed by atoms with Crippen molar-refractivity contribution in [1.82, 2.24) is 14.9 Å². The number of carbonyl (C=O) groups excluding carboxylic acids is 3. The fraction of sp³-hybridized carbons (Fsp3) is 0.296. The lowest BCUT2D eigenvalue weighted by atomic mass is 9.87. The third-order valence-electron chi connectivity index (χ3n) is 6.86. The molecule has 0 atom stereocenters. The number of carbonyl (C=O) groups is 3. The summed E-state index contributed by atoms with van der Waals surface area (Å²) >= 11 is 0. The molecule has 0 bridgehead atoms. The predicted octanol–water partition coefficient (Wildman–Crippen LogP) is 4.16. The normalized spacial score (nSPS) is 18.2. The average Bonchev–Trinajstić information content (AvgIpc) is 3.21. The van der Waals surface area contributed by atoms with Crippen molar-refractivity contribution in [2.45, 2.75) is 45.2 Å². The number of hydrogen-bond acceptors (Lipinski definition) is 5. The third kappa shape index (κ3) is 3.65. The van der Waals surface area contributed by atoms with Crippen LogP contribution in [-0.2, 0) is 16.8 Å². The summed E-state index contributed by atoms with van der Waals surface area (Å²) < 4.78 is 0. The van der Waals surface area contributed by atoms with E-state index in [-0.39, 0.29) is 17.2 Å². The van der Waals surface area contributed by atoms with Crippen LogP contribution in [-0.4, -0.2) is 44.8 Å². The van der Waals surface area contributed by atoms with Gasteiger partial charge in [-0.2, -0.15) is 0 Å². The highest BCUT2D eigenvalue weighted by molar-refractivity contribution is 6.23. The molecule has 0 saturated carbocycles. The number of pyridine rings is 2. The summed E-state index contributed by atoms with van der Waals surface area (Å²) in [5.41, 5.74) is 2.04. The van der Waals surface area contributed by atoms with Crippen molar-refractivity contribution in [3.05, 3.63) is 83.9 Å². The summed E-state index contributed by atoms with van der Waals surface area (Å²) in [6.45, 7) is 8.41. The molecule has 178 valence electrons. The Morgan fingerprint density at radius 1 is 0.971 bits per heavy atom. The minimum absolute atomic E-state index is 0.215. The van der Waals surface area contributed by atoms with Crippen LogP contribution in [0.5, 0.6) is 0 Å². The zero-order chi connectivity index (χ0) is 25.0. The predicted molar refractivity (Wildman–Crippen MR) is 132 cm³/mol. The highest BCUT2D eigenvalue weighted by Crippen LogP contribution is 2.44. The van der Waals surface area contributed by atoms with Gasteiger partial charge in [0.25, 0.3) is 11.8 Å². The molecule has 0 N–H and O–H groups in total. The molecule has 8 nitrogen and oxygen atoms in total. The Morgan fingerprint density at radius 3 is 2.40 bits per heavy atom. The van der Waals surface area contributed by atoms with Gasteiger partial charge >= 0.3 is 6.03 Å². The number of imide groups is 1. The number of rotatable bonds is 4. The third-order valence-corrected chi connectivity index (χ3v) is 6.86. The lowest BCUT2D eigenvalue weighted by Gasteiger charge is -2.27. The molecule has 4 heterocycles. The second-order valence-corrected chi connectivity index (χ2v) is 10.1. The molecule has 1 saturated heterocycles. The van der Waals surface area contributed by atoms with Crippen LogP contribution in [0.2, 0.25) is 0 Å². The second kappa shape index (κ2) is 8.01. The van der Waals surface area contributed by atoms with Gasteiger partial charge in [0.1, 0.15) is 11.2 Å². The van der Waals surface area contributed by atoms with Gasteiger partial charge in [0.05, 0.1) is 5.69 Å². The minimum Gasteiger partial charge on any atom is -0.306 e. The summed E-state index contributed by atoms with van der Waals surface area (Å²) in [4.78, 5) is 53.0. The van der Waals surface area contributed by atoms with E-state index >= 15 is 0 Å². The van der Waals surface area contributed by atoms with Gasteiger partial charge in [-0.15, -0.1) is 0 Å². The molecule has 35 heavy (non-hydrogen) atoms. The highest BCUT2D eigenvalue weighted by atomic mass is 16.2. The number of anilines is 2. The van der Waals surface area contributed by atoms with Crippen molar-refractivity contribution in [3.8, 4) is 0 Å². The summed E-state index contributed by atoms with van der Waals surface area (Å²) in [7, 11) is 0. The van der Waals surface area contributed by atoms with Crippen LogP contribution in [0.3, 0.4) is 0 Å². The van der Waals surface area contributed by atoms with Gasteiger partial charge in [0, 0.05) is 42.8 Å². The van der Waals surface area contributed by atoms with E-state index < -0.39 is 11.6 Å². The van der Waals surface area contributed by atoms with Crippen LogP contribution in [0.1, 0.15) is 49.3 Å². The van der Waals surface area contributed by atoms with Crippen molar-refractivity contribution in [1.29, 1.82) is 0 Å². The van der Waals surface area contributed by atoms with E-state index in [4.69, 9.17) is 0 Å². The Labute approximate surface area is 204 Å². The first-order valence-electron chi connectivity index (χ1n) is 11.5. The van der Waals surface area contributed by atoms with E-state index in [2.05, 4.69) is 23.8 Å². The molecular formula is C27H27N5O3. The molecule has 2 aliphatic rings. The lowest BCUT2D eigenvalue weighted by molar-refractivity contribution is -0.123. The Bertz CT molecular complexity index is 1320. The molecule has 4 amide bonds. The molecule has 1 fully saturated rings. The lowest BCUT2D eigenvalue weighted by Crippen LogP contribution is -2.43. The maximum atomic E-state index is 13.5. The molecular weight excluding hydrogens is 442 g/mol. The van der Waals surface area contributed by atoms with E-state index in [0.29, 0.717) is 30.2 Å². The van der Waals surface area contributed by atoms with Crippen molar-refractivity contribution < 1.29 is 14.4 Å². The van der Waals surface area contributed by atoms with Crippen LogP contribution >= 0.6 is 0 Å². The van der Waals surface area contributed by atoms with E-state index in [0.717, 1.165) is 11.1 Å². The van der Waals surface area contributed by atoms with Gasteiger partial charge < -0.3 is 9.80 Å². The quantitative estimate of drug-likeness (QED) is 0.536. The first-order valence-corrected chi connectivity index (χ1v) is 11.5. The highest BCUT2D eigenvalue weighted by Gasteiger charge is 2.52. The van der Waals surface area contributed by atoms with E-state index in [1.54, 1.807) is 72.6 Å².